The molecule has 5 heterocycles. The van der Waals surface area contributed by atoms with Crippen LogP contribution < -0.4 is 16.4 Å². The molecule has 0 saturated heterocycles. The van der Waals surface area contributed by atoms with Crippen LogP contribution in [0.15, 0.2) is 152 Å². The molecule has 9 aromatic carbocycles. The molecule has 3 heteroatoms. The molecule has 11 aromatic rings. The highest BCUT2D eigenvalue weighted by Gasteiger charge is 2.55. The number of aromatic nitrogens is 2. The largest absolute Gasteiger partial charge is 0.310 e. The summed E-state index contributed by atoms with van der Waals surface area (Å²) in [5.41, 5.74) is 33.4. The fourth-order valence-corrected chi connectivity index (χ4v) is 17.3. The molecule has 0 bridgehead atoms. The van der Waals surface area contributed by atoms with Crippen LogP contribution in [-0.2, 0) is 39.9 Å². The zero-order valence-corrected chi connectivity index (χ0v) is 47.1. The van der Waals surface area contributed by atoms with Gasteiger partial charge >= 0.3 is 0 Å². The third kappa shape index (κ3) is 5.34. The summed E-state index contributed by atoms with van der Waals surface area (Å²) in [4.78, 5) is 0. The van der Waals surface area contributed by atoms with Crippen LogP contribution >= 0.6 is 0 Å². The molecule has 0 N–H and O–H groups in total. The van der Waals surface area contributed by atoms with Gasteiger partial charge in [-0.3, -0.25) is 0 Å². The lowest BCUT2D eigenvalue weighted by molar-refractivity contribution is 0.332. The Balaban J connectivity index is 1.10. The molecular formula is C75H67BN2. The second kappa shape index (κ2) is 14.7. The summed E-state index contributed by atoms with van der Waals surface area (Å²) in [6.07, 6.45) is 6.67. The average molecular weight is 1010 g/mol. The van der Waals surface area contributed by atoms with Crippen LogP contribution in [0.25, 0.3) is 88.4 Å². The van der Waals surface area contributed by atoms with Gasteiger partial charge in [0.05, 0.1) is 22.1 Å². The highest BCUT2D eigenvalue weighted by atomic mass is 15.1. The molecular weight excluding hydrogens is 940 g/mol. The lowest BCUT2D eigenvalue weighted by atomic mass is 9.33. The van der Waals surface area contributed by atoms with Gasteiger partial charge in [-0.25, -0.2) is 0 Å². The molecule has 17 rings (SSSR count). The van der Waals surface area contributed by atoms with E-state index in [0.29, 0.717) is 0 Å². The normalized spacial score (nSPS) is 18.3. The Hall–Kier alpha value is -7.36. The number of hydrogen-bond acceptors (Lipinski definition) is 0. The van der Waals surface area contributed by atoms with Crippen LogP contribution in [0.3, 0.4) is 0 Å². The zero-order chi connectivity index (χ0) is 52.9. The first-order valence-corrected chi connectivity index (χ1v) is 29.5. The highest BCUT2D eigenvalue weighted by molar-refractivity contribution is 7.01. The Labute approximate surface area is 460 Å². The summed E-state index contributed by atoms with van der Waals surface area (Å²) in [7, 11) is 0. The first-order chi connectivity index (χ1) is 37.6. The Morgan fingerprint density at radius 3 is 1.62 bits per heavy atom. The number of rotatable bonds is 4. The predicted octanol–water partition coefficient (Wildman–Crippen LogP) is 16.9. The van der Waals surface area contributed by atoms with E-state index in [4.69, 9.17) is 0 Å². The molecule has 0 atom stereocenters. The van der Waals surface area contributed by atoms with E-state index in [2.05, 4.69) is 230 Å². The minimum Gasteiger partial charge on any atom is -0.310 e. The molecule has 2 nitrogen and oxygen atoms in total. The van der Waals surface area contributed by atoms with Gasteiger partial charge in [0.1, 0.15) is 0 Å². The van der Waals surface area contributed by atoms with Gasteiger partial charge < -0.3 is 9.13 Å². The quantitative estimate of drug-likeness (QED) is 0.156. The summed E-state index contributed by atoms with van der Waals surface area (Å²) in [6, 6.07) is 61.8. The van der Waals surface area contributed by atoms with Crippen molar-refractivity contribution in [2.45, 2.75) is 135 Å². The molecule has 1 spiro atoms. The van der Waals surface area contributed by atoms with Gasteiger partial charge in [0, 0.05) is 38.6 Å². The summed E-state index contributed by atoms with van der Waals surface area (Å²) < 4.78 is 5.63. The Bertz CT molecular complexity index is 4550. The van der Waals surface area contributed by atoms with Gasteiger partial charge in [0.2, 0.25) is 0 Å². The van der Waals surface area contributed by atoms with Crippen LogP contribution in [0, 0.1) is 0 Å². The third-order valence-corrected chi connectivity index (χ3v) is 21.5. The van der Waals surface area contributed by atoms with Crippen molar-refractivity contribution < 1.29 is 0 Å². The van der Waals surface area contributed by atoms with E-state index in [0.717, 1.165) is 12.8 Å². The van der Waals surface area contributed by atoms with E-state index >= 15 is 0 Å². The molecule has 78 heavy (non-hydrogen) atoms. The highest BCUT2D eigenvalue weighted by Crippen LogP contribution is 2.62. The van der Waals surface area contributed by atoms with Gasteiger partial charge in [-0.1, -0.05) is 191 Å². The van der Waals surface area contributed by atoms with Gasteiger partial charge in [0.25, 0.3) is 6.71 Å². The lowest BCUT2D eigenvalue weighted by Gasteiger charge is -2.44. The predicted molar refractivity (Wildman–Crippen MR) is 331 cm³/mol. The maximum atomic E-state index is 2.82. The Morgan fingerprint density at radius 1 is 0.410 bits per heavy atom. The van der Waals surface area contributed by atoms with Crippen molar-refractivity contribution >= 4 is 66.6 Å². The standard InChI is InChI=1S/C75H67BN2/c1-11-42-35-50-51-36-43(12-2)38-61-68(51)78-67(50)60(37-42)75(53-23-17-15-21-48(53)49-22-16-18-24-54(49)75)57-29-30-62-65(70(57)78)76(61)64-47-20-14-13-19-44(47)39-52-63(45-25-27-55-58(40-45)73(7,8)33-31-71(55,3)4)66(77(62)69(52)64)46-26-28-56-59(41-46)74(9,10)34-32-72(56,5)6/h13-30,35-41H,11-12,31-34H2,1-10H3. The molecule has 2 aromatic heterocycles. The maximum Gasteiger partial charge on any atom is 0.253 e. The van der Waals surface area contributed by atoms with Crippen LogP contribution in [0.2, 0.25) is 0 Å². The van der Waals surface area contributed by atoms with Crippen molar-refractivity contribution in [2.24, 2.45) is 0 Å². The molecule has 0 radical (unpaired) electrons. The van der Waals surface area contributed by atoms with Crippen molar-refractivity contribution in [2.75, 3.05) is 0 Å². The number of nitrogens with zero attached hydrogens (tertiary/aromatic N) is 2. The molecule has 0 fully saturated rings. The fraction of sp³-hybridized carbons (Fsp3) is 0.280. The van der Waals surface area contributed by atoms with Crippen LogP contribution in [0.5, 0.6) is 0 Å². The van der Waals surface area contributed by atoms with E-state index in [1.165, 1.54) is 186 Å². The molecule has 6 aliphatic rings. The molecule has 0 amide bonds. The van der Waals surface area contributed by atoms with Crippen molar-refractivity contribution in [3.63, 3.8) is 0 Å². The van der Waals surface area contributed by atoms with Crippen molar-refractivity contribution in [1.29, 1.82) is 0 Å². The zero-order valence-electron chi connectivity index (χ0n) is 47.1. The molecule has 3 aliphatic carbocycles. The molecule has 0 unspecified atom stereocenters. The van der Waals surface area contributed by atoms with Crippen molar-refractivity contribution in [3.05, 3.63) is 207 Å². The van der Waals surface area contributed by atoms with E-state index < -0.39 is 5.41 Å². The van der Waals surface area contributed by atoms with Gasteiger partial charge in [0.15, 0.2) is 0 Å². The van der Waals surface area contributed by atoms with Gasteiger partial charge in [-0.15, -0.1) is 0 Å². The van der Waals surface area contributed by atoms with Crippen LogP contribution in [-0.4, -0.2) is 15.8 Å². The number of aryl methyl sites for hydroxylation is 2. The number of benzene rings is 9. The van der Waals surface area contributed by atoms with Gasteiger partial charge in [-0.05, 0) is 196 Å². The summed E-state index contributed by atoms with van der Waals surface area (Å²) in [5.74, 6) is 0. The van der Waals surface area contributed by atoms with Crippen LogP contribution in [0.1, 0.15) is 151 Å². The van der Waals surface area contributed by atoms with Crippen LogP contribution in [0.4, 0.5) is 0 Å². The monoisotopic (exact) mass is 1010 g/mol. The molecule has 0 saturated carbocycles. The SMILES string of the molecule is CCc1cc2c3c(c1)c1cc(CC)cc4c1n3-c1c(ccc3c1B2c1c2ccccc2cc2c(-c5ccc6c(c5)C(C)(C)CCC6(C)C)c(-c5ccc6c(c5)C(C)(C)CCC6(C)C)n-3c12)C41c2ccccc2-c2ccccc21. The number of fused-ring (bicyclic) bond motifs is 15. The molecule has 380 valence electrons. The van der Waals surface area contributed by atoms with Crippen molar-refractivity contribution in [1.82, 2.24) is 9.13 Å². The van der Waals surface area contributed by atoms with E-state index in [1.54, 1.807) is 0 Å². The van der Waals surface area contributed by atoms with E-state index in [9.17, 15) is 0 Å². The van der Waals surface area contributed by atoms with Crippen molar-refractivity contribution in [3.8, 4) is 44.9 Å². The molecule has 3 aliphatic heterocycles. The first-order valence-electron chi connectivity index (χ1n) is 29.5. The minimum absolute atomic E-state index is 0.0138. The van der Waals surface area contributed by atoms with Gasteiger partial charge in [-0.2, -0.15) is 0 Å². The minimum atomic E-state index is -0.527. The lowest BCUT2D eigenvalue weighted by Crippen LogP contribution is -2.60. The Morgan fingerprint density at radius 2 is 0.962 bits per heavy atom. The first kappa shape index (κ1) is 45.6. The smallest absolute Gasteiger partial charge is 0.253 e. The Kier molecular flexibility index (Phi) is 8.58. The maximum absolute atomic E-state index is 2.82. The summed E-state index contributed by atoms with van der Waals surface area (Å²) in [5, 5.41) is 6.80. The van der Waals surface area contributed by atoms with E-state index in [1.807, 2.05) is 0 Å². The number of hydrogen-bond donors (Lipinski definition) is 0. The summed E-state index contributed by atoms with van der Waals surface area (Å²) in [6.45, 7) is 24.6. The third-order valence-electron chi connectivity index (χ3n) is 21.5. The second-order valence-electron chi connectivity index (χ2n) is 27.4. The summed E-state index contributed by atoms with van der Waals surface area (Å²) >= 11 is 0. The second-order valence-corrected chi connectivity index (χ2v) is 27.4. The van der Waals surface area contributed by atoms with E-state index in [-0.39, 0.29) is 28.4 Å². The average Bonchev–Trinajstić information content (AvgIpc) is 3.07. The topological polar surface area (TPSA) is 9.86 Å². The fourth-order valence-electron chi connectivity index (χ4n) is 17.3.